The maximum absolute atomic E-state index is 11.3. The standard InChI is InChI=1S/C7H14N2O2S/c1-7(6(10)8-11)5-12-4-3-9(7)2/h11H,3-5H2,1-2H3,(H,8,10). The molecule has 1 amide bonds. The van der Waals surface area contributed by atoms with Crippen molar-refractivity contribution in [3.8, 4) is 0 Å². The number of rotatable bonds is 1. The van der Waals surface area contributed by atoms with Gasteiger partial charge in [-0.15, -0.1) is 0 Å². The Morgan fingerprint density at radius 1 is 1.75 bits per heavy atom. The second-order valence-electron chi connectivity index (χ2n) is 3.19. The Labute approximate surface area is 76.3 Å². The molecule has 1 saturated heterocycles. The van der Waals surface area contributed by atoms with Gasteiger partial charge >= 0.3 is 0 Å². The molecule has 1 rings (SSSR count). The fourth-order valence-corrected chi connectivity index (χ4v) is 2.48. The zero-order chi connectivity index (χ0) is 9.19. The number of hydrogen-bond donors (Lipinski definition) is 2. The Balaban J connectivity index is 2.72. The smallest absolute Gasteiger partial charge is 0.264 e. The fraction of sp³-hybridized carbons (Fsp3) is 0.857. The monoisotopic (exact) mass is 190 g/mol. The largest absolute Gasteiger partial charge is 0.291 e. The van der Waals surface area contributed by atoms with Gasteiger partial charge in [-0.05, 0) is 14.0 Å². The normalized spacial score (nSPS) is 31.6. The van der Waals surface area contributed by atoms with E-state index in [2.05, 4.69) is 0 Å². The molecule has 0 aliphatic carbocycles. The van der Waals surface area contributed by atoms with E-state index in [4.69, 9.17) is 5.21 Å². The first-order valence-electron chi connectivity index (χ1n) is 3.85. The van der Waals surface area contributed by atoms with E-state index >= 15 is 0 Å². The lowest BCUT2D eigenvalue weighted by Crippen LogP contribution is -2.59. The third-order valence-electron chi connectivity index (χ3n) is 2.39. The van der Waals surface area contributed by atoms with Gasteiger partial charge in [0, 0.05) is 18.1 Å². The lowest BCUT2D eigenvalue weighted by molar-refractivity contribution is -0.139. The minimum atomic E-state index is -0.558. The number of hydroxylamine groups is 1. The zero-order valence-corrected chi connectivity index (χ0v) is 8.15. The van der Waals surface area contributed by atoms with Gasteiger partial charge in [0.15, 0.2) is 0 Å². The molecule has 0 saturated carbocycles. The van der Waals surface area contributed by atoms with Gasteiger partial charge in [0.05, 0.1) is 0 Å². The van der Waals surface area contributed by atoms with Crippen LogP contribution in [0, 0.1) is 0 Å². The van der Waals surface area contributed by atoms with Crippen molar-refractivity contribution in [3.05, 3.63) is 0 Å². The quantitative estimate of drug-likeness (QED) is 0.449. The Bertz CT molecular complexity index is 188. The van der Waals surface area contributed by atoms with Gasteiger partial charge in [0.2, 0.25) is 0 Å². The van der Waals surface area contributed by atoms with Crippen LogP contribution in [0.25, 0.3) is 0 Å². The molecular formula is C7H14N2O2S. The van der Waals surface area contributed by atoms with Crippen LogP contribution in [0.5, 0.6) is 0 Å². The summed E-state index contributed by atoms with van der Waals surface area (Å²) in [6.45, 7) is 2.72. The number of carbonyl (C=O) groups excluding carboxylic acids is 1. The molecule has 0 aromatic carbocycles. The molecule has 0 aromatic heterocycles. The van der Waals surface area contributed by atoms with Crippen molar-refractivity contribution in [2.24, 2.45) is 0 Å². The summed E-state index contributed by atoms with van der Waals surface area (Å²) >= 11 is 1.74. The molecule has 1 unspecified atom stereocenters. The molecule has 1 heterocycles. The van der Waals surface area contributed by atoms with Gasteiger partial charge in [-0.2, -0.15) is 11.8 Å². The van der Waals surface area contributed by atoms with Crippen molar-refractivity contribution in [3.63, 3.8) is 0 Å². The number of likely N-dealkylation sites (N-methyl/N-ethyl adjacent to an activating group) is 1. The van der Waals surface area contributed by atoms with Gasteiger partial charge in [0.1, 0.15) is 5.54 Å². The molecule has 5 heteroatoms. The van der Waals surface area contributed by atoms with E-state index in [1.54, 1.807) is 17.2 Å². The van der Waals surface area contributed by atoms with Gasteiger partial charge in [-0.3, -0.25) is 14.9 Å². The number of thioether (sulfide) groups is 1. The Kier molecular flexibility index (Phi) is 2.98. The summed E-state index contributed by atoms with van der Waals surface area (Å²) in [4.78, 5) is 13.3. The third kappa shape index (κ3) is 1.57. The van der Waals surface area contributed by atoms with Gasteiger partial charge in [0.25, 0.3) is 5.91 Å². The SMILES string of the molecule is CN1CCSCC1(C)C(=O)NO. The molecule has 0 spiro atoms. The number of nitrogens with one attached hydrogen (secondary N) is 1. The van der Waals surface area contributed by atoms with Crippen LogP contribution in [0.4, 0.5) is 0 Å². The molecular weight excluding hydrogens is 176 g/mol. The van der Waals surface area contributed by atoms with Crippen LogP contribution in [0.1, 0.15) is 6.92 Å². The predicted molar refractivity (Wildman–Crippen MR) is 48.3 cm³/mol. The summed E-state index contributed by atoms with van der Waals surface area (Å²) in [6, 6.07) is 0. The van der Waals surface area contributed by atoms with Crippen LogP contribution in [0.2, 0.25) is 0 Å². The Morgan fingerprint density at radius 3 is 2.92 bits per heavy atom. The Hall–Kier alpha value is -0.260. The van der Waals surface area contributed by atoms with E-state index in [9.17, 15) is 4.79 Å². The number of hydrogen-bond acceptors (Lipinski definition) is 4. The van der Waals surface area contributed by atoms with Gasteiger partial charge < -0.3 is 0 Å². The topological polar surface area (TPSA) is 52.6 Å². The molecule has 1 fully saturated rings. The van der Waals surface area contributed by atoms with Gasteiger partial charge in [-0.25, -0.2) is 5.48 Å². The minimum absolute atomic E-state index is 0.322. The fourth-order valence-electron chi connectivity index (χ4n) is 1.19. The summed E-state index contributed by atoms with van der Waals surface area (Å²) in [6.07, 6.45) is 0. The van der Waals surface area contributed by atoms with Crippen LogP contribution in [0.3, 0.4) is 0 Å². The molecule has 0 aromatic rings. The highest BCUT2D eigenvalue weighted by atomic mass is 32.2. The van der Waals surface area contributed by atoms with Crippen LogP contribution in [0.15, 0.2) is 0 Å². The lowest BCUT2D eigenvalue weighted by Gasteiger charge is -2.39. The third-order valence-corrected chi connectivity index (χ3v) is 3.62. The molecule has 70 valence electrons. The summed E-state index contributed by atoms with van der Waals surface area (Å²) < 4.78 is 0. The predicted octanol–water partition coefficient (Wildman–Crippen LogP) is -0.0709. The van der Waals surface area contributed by atoms with Crippen molar-refractivity contribution in [2.45, 2.75) is 12.5 Å². The van der Waals surface area contributed by atoms with E-state index < -0.39 is 5.54 Å². The molecule has 2 N–H and O–H groups in total. The Morgan fingerprint density at radius 2 is 2.42 bits per heavy atom. The molecule has 12 heavy (non-hydrogen) atoms. The number of amides is 1. The summed E-state index contributed by atoms with van der Waals surface area (Å²) in [7, 11) is 1.90. The molecule has 1 aliphatic rings. The lowest BCUT2D eigenvalue weighted by atomic mass is 10.0. The van der Waals surface area contributed by atoms with Crippen LogP contribution in [-0.2, 0) is 4.79 Å². The van der Waals surface area contributed by atoms with Crippen molar-refractivity contribution >= 4 is 17.7 Å². The average molecular weight is 190 g/mol. The summed E-state index contributed by atoms with van der Waals surface area (Å²) in [5, 5.41) is 8.53. The first-order valence-corrected chi connectivity index (χ1v) is 5.00. The second kappa shape index (κ2) is 3.64. The molecule has 1 aliphatic heterocycles. The highest BCUT2D eigenvalue weighted by molar-refractivity contribution is 7.99. The van der Waals surface area contributed by atoms with Crippen molar-refractivity contribution in [1.29, 1.82) is 0 Å². The number of carbonyl (C=O) groups is 1. The average Bonchev–Trinajstić information content (AvgIpc) is 2.09. The van der Waals surface area contributed by atoms with Crippen LogP contribution in [-0.4, -0.2) is 46.7 Å². The highest BCUT2D eigenvalue weighted by Crippen LogP contribution is 2.24. The summed E-state index contributed by atoms with van der Waals surface area (Å²) in [5.41, 5.74) is 1.15. The first kappa shape index (κ1) is 9.83. The first-order chi connectivity index (χ1) is 5.61. The zero-order valence-electron chi connectivity index (χ0n) is 7.33. The molecule has 0 bridgehead atoms. The highest BCUT2D eigenvalue weighted by Gasteiger charge is 2.39. The maximum Gasteiger partial charge on any atom is 0.264 e. The van der Waals surface area contributed by atoms with Gasteiger partial charge in [-0.1, -0.05) is 0 Å². The van der Waals surface area contributed by atoms with E-state index in [0.29, 0.717) is 0 Å². The molecule has 1 atom stereocenters. The van der Waals surface area contributed by atoms with E-state index in [1.165, 1.54) is 0 Å². The van der Waals surface area contributed by atoms with Crippen LogP contribution >= 0.6 is 11.8 Å². The van der Waals surface area contributed by atoms with Crippen molar-refractivity contribution < 1.29 is 10.0 Å². The number of nitrogens with zero attached hydrogens (tertiary/aromatic N) is 1. The van der Waals surface area contributed by atoms with E-state index in [-0.39, 0.29) is 5.91 Å². The van der Waals surface area contributed by atoms with Crippen LogP contribution < -0.4 is 5.48 Å². The minimum Gasteiger partial charge on any atom is -0.291 e. The molecule has 0 radical (unpaired) electrons. The van der Waals surface area contributed by atoms with E-state index in [1.807, 2.05) is 18.9 Å². The maximum atomic E-state index is 11.3. The van der Waals surface area contributed by atoms with Crippen molar-refractivity contribution in [1.82, 2.24) is 10.4 Å². The summed E-state index contributed by atoms with van der Waals surface area (Å²) in [5.74, 6) is 1.46. The van der Waals surface area contributed by atoms with Crippen molar-refractivity contribution in [2.75, 3.05) is 25.1 Å². The van der Waals surface area contributed by atoms with E-state index in [0.717, 1.165) is 18.1 Å². The molecule has 4 nitrogen and oxygen atoms in total. The second-order valence-corrected chi connectivity index (χ2v) is 4.29.